The highest BCUT2D eigenvalue weighted by atomic mass is 16.1. The van der Waals surface area contributed by atoms with Crippen molar-refractivity contribution in [3.63, 3.8) is 0 Å². The van der Waals surface area contributed by atoms with Crippen LogP contribution in [0.3, 0.4) is 0 Å². The van der Waals surface area contributed by atoms with E-state index < -0.39 is 0 Å². The minimum Gasteiger partial charge on any atom is -0.329 e. The summed E-state index contributed by atoms with van der Waals surface area (Å²) in [6.07, 6.45) is 0.565. The first-order chi connectivity index (χ1) is 3.41. The molecule has 4 nitrogen and oxygen atoms in total. The summed E-state index contributed by atoms with van der Waals surface area (Å²) in [5.74, 6) is 0. The van der Waals surface area contributed by atoms with Gasteiger partial charge in [0.1, 0.15) is 0 Å². The van der Waals surface area contributed by atoms with Gasteiger partial charge in [-0.3, -0.25) is 10.2 Å². The maximum atomic E-state index is 9.47. The Morgan fingerprint density at radius 3 is 2.86 bits per heavy atom. The molecule has 0 atom stereocenters. The fraction of sp³-hybridized carbons (Fsp3) is 0.667. The van der Waals surface area contributed by atoms with Crippen molar-refractivity contribution in [1.29, 1.82) is 0 Å². The maximum Gasteiger partial charge on any atom is 0.221 e. The molecule has 0 unspecified atom stereocenters. The van der Waals surface area contributed by atoms with Crippen molar-refractivity contribution in [3.05, 3.63) is 0 Å². The summed E-state index contributed by atoms with van der Waals surface area (Å²) in [5.41, 5.74) is 9.83. The number of hydrogen-bond donors (Lipinski definition) is 3. The van der Waals surface area contributed by atoms with E-state index in [1.165, 1.54) is 0 Å². The highest BCUT2D eigenvalue weighted by molar-refractivity contribution is 5.44. The number of amides is 1. The molecule has 1 amide bonds. The summed E-state index contributed by atoms with van der Waals surface area (Å²) in [5, 5.41) is 0. The molecular formula is C3H9N3O. The molecule has 0 radical (unpaired) electrons. The lowest BCUT2D eigenvalue weighted by atomic mass is 10.7. The van der Waals surface area contributed by atoms with Gasteiger partial charge in [-0.2, -0.15) is 0 Å². The van der Waals surface area contributed by atoms with Crippen molar-refractivity contribution in [2.45, 2.75) is 0 Å². The second-order valence-corrected chi connectivity index (χ2v) is 0.978. The average molecular weight is 103 g/mol. The molecule has 42 valence electrons. The first-order valence-corrected chi connectivity index (χ1v) is 2.04. The molecule has 0 bridgehead atoms. The Labute approximate surface area is 42.0 Å². The molecule has 0 aliphatic rings. The van der Waals surface area contributed by atoms with Gasteiger partial charge in [0, 0.05) is 13.1 Å². The molecule has 0 saturated heterocycles. The first kappa shape index (κ1) is 6.39. The van der Waals surface area contributed by atoms with Crippen LogP contribution >= 0.6 is 0 Å². The molecule has 0 aliphatic heterocycles. The van der Waals surface area contributed by atoms with E-state index in [9.17, 15) is 4.79 Å². The standard InChI is InChI=1S/C3H9N3O/c4-1-2-5-6-3-7/h3,5H,1-2,4H2,(H,6,7). The van der Waals surface area contributed by atoms with Gasteiger partial charge in [-0.25, -0.2) is 5.43 Å². The van der Waals surface area contributed by atoms with Crippen LogP contribution in [0.25, 0.3) is 0 Å². The molecule has 4 heteroatoms. The fourth-order valence-electron chi connectivity index (χ4n) is 0.186. The third kappa shape index (κ3) is 5.39. The third-order valence-electron chi connectivity index (χ3n) is 0.430. The molecular weight excluding hydrogens is 94.1 g/mol. The Bertz CT molecular complexity index is 47.4. The fourth-order valence-corrected chi connectivity index (χ4v) is 0.186. The maximum absolute atomic E-state index is 9.47. The summed E-state index contributed by atoms with van der Waals surface area (Å²) in [4.78, 5) is 9.47. The quantitative estimate of drug-likeness (QED) is 0.223. The zero-order valence-corrected chi connectivity index (χ0v) is 3.98. The molecule has 0 aromatic heterocycles. The molecule has 0 aromatic carbocycles. The number of nitrogens with one attached hydrogen (secondary N) is 2. The summed E-state index contributed by atoms with van der Waals surface area (Å²) in [6, 6.07) is 0. The van der Waals surface area contributed by atoms with Gasteiger partial charge in [0.25, 0.3) is 0 Å². The molecule has 0 saturated carbocycles. The number of rotatable bonds is 4. The van der Waals surface area contributed by atoms with Gasteiger partial charge in [0.15, 0.2) is 0 Å². The topological polar surface area (TPSA) is 67.2 Å². The van der Waals surface area contributed by atoms with Crippen molar-refractivity contribution in [2.75, 3.05) is 13.1 Å². The van der Waals surface area contributed by atoms with Crippen molar-refractivity contribution in [3.8, 4) is 0 Å². The summed E-state index contributed by atoms with van der Waals surface area (Å²) < 4.78 is 0. The SMILES string of the molecule is NCCNNC=O. The lowest BCUT2D eigenvalue weighted by Gasteiger charge is -1.95. The Kier molecular flexibility index (Phi) is 4.92. The summed E-state index contributed by atoms with van der Waals surface area (Å²) in [7, 11) is 0. The zero-order chi connectivity index (χ0) is 5.54. The van der Waals surface area contributed by atoms with E-state index in [1.54, 1.807) is 0 Å². The van der Waals surface area contributed by atoms with Crippen LogP contribution in [0.2, 0.25) is 0 Å². The highest BCUT2D eigenvalue weighted by Crippen LogP contribution is 1.39. The van der Waals surface area contributed by atoms with Gasteiger partial charge < -0.3 is 5.73 Å². The van der Waals surface area contributed by atoms with Crippen molar-refractivity contribution < 1.29 is 4.79 Å². The molecule has 0 aromatic rings. The second-order valence-electron chi connectivity index (χ2n) is 0.978. The smallest absolute Gasteiger partial charge is 0.221 e. The Morgan fingerprint density at radius 1 is 1.71 bits per heavy atom. The van der Waals surface area contributed by atoms with E-state index in [4.69, 9.17) is 5.73 Å². The van der Waals surface area contributed by atoms with Crippen LogP contribution in [0.15, 0.2) is 0 Å². The van der Waals surface area contributed by atoms with Crippen LogP contribution in [0, 0.1) is 0 Å². The lowest BCUT2D eigenvalue weighted by molar-refractivity contribution is -0.110. The Balaban J connectivity index is 2.56. The highest BCUT2D eigenvalue weighted by Gasteiger charge is 1.73. The molecule has 0 spiro atoms. The van der Waals surface area contributed by atoms with Crippen LogP contribution in [-0.2, 0) is 4.79 Å². The van der Waals surface area contributed by atoms with E-state index in [-0.39, 0.29) is 0 Å². The monoisotopic (exact) mass is 103 g/mol. The molecule has 0 fully saturated rings. The van der Waals surface area contributed by atoms with Crippen LogP contribution < -0.4 is 16.6 Å². The van der Waals surface area contributed by atoms with Gasteiger partial charge in [0.2, 0.25) is 6.41 Å². The first-order valence-electron chi connectivity index (χ1n) is 2.04. The van der Waals surface area contributed by atoms with E-state index in [2.05, 4.69) is 10.9 Å². The largest absolute Gasteiger partial charge is 0.329 e. The van der Waals surface area contributed by atoms with Crippen LogP contribution in [0.1, 0.15) is 0 Å². The lowest BCUT2D eigenvalue weighted by Crippen LogP contribution is -2.34. The Morgan fingerprint density at radius 2 is 2.43 bits per heavy atom. The normalized spacial score (nSPS) is 8.14. The number of hydrazine groups is 1. The van der Waals surface area contributed by atoms with Gasteiger partial charge >= 0.3 is 0 Å². The van der Waals surface area contributed by atoms with Crippen LogP contribution in [0.5, 0.6) is 0 Å². The Hall–Kier alpha value is -0.610. The average Bonchev–Trinajstić information content (AvgIpc) is 1.69. The van der Waals surface area contributed by atoms with Crippen molar-refractivity contribution >= 4 is 6.41 Å². The predicted octanol–water partition coefficient (Wildman–Crippen LogP) is -1.80. The molecule has 4 N–H and O–H groups in total. The number of carbonyl (C=O) groups excluding carboxylic acids is 1. The molecule has 0 aliphatic carbocycles. The molecule has 0 rings (SSSR count). The summed E-state index contributed by atoms with van der Waals surface area (Å²) in [6.45, 7) is 1.14. The van der Waals surface area contributed by atoms with Crippen LogP contribution in [-0.4, -0.2) is 19.5 Å². The van der Waals surface area contributed by atoms with Gasteiger partial charge in [0.05, 0.1) is 0 Å². The minimum absolute atomic E-state index is 0.529. The number of nitrogens with two attached hydrogens (primary N) is 1. The van der Waals surface area contributed by atoms with Gasteiger partial charge in [-0.15, -0.1) is 0 Å². The molecule has 7 heavy (non-hydrogen) atoms. The van der Waals surface area contributed by atoms with E-state index in [0.717, 1.165) is 0 Å². The zero-order valence-electron chi connectivity index (χ0n) is 3.98. The van der Waals surface area contributed by atoms with Crippen molar-refractivity contribution in [1.82, 2.24) is 10.9 Å². The van der Waals surface area contributed by atoms with Crippen LogP contribution in [0.4, 0.5) is 0 Å². The van der Waals surface area contributed by atoms with Gasteiger partial charge in [-0.05, 0) is 0 Å². The third-order valence-corrected chi connectivity index (χ3v) is 0.430. The van der Waals surface area contributed by atoms with E-state index >= 15 is 0 Å². The molecule has 0 heterocycles. The second kappa shape index (κ2) is 5.39. The van der Waals surface area contributed by atoms with Crippen molar-refractivity contribution in [2.24, 2.45) is 5.73 Å². The summed E-state index contributed by atoms with van der Waals surface area (Å²) >= 11 is 0. The minimum atomic E-state index is 0.529. The van der Waals surface area contributed by atoms with E-state index in [1.807, 2.05) is 0 Å². The predicted molar refractivity (Wildman–Crippen MR) is 26.3 cm³/mol. The number of carbonyl (C=O) groups is 1. The number of hydrogen-bond acceptors (Lipinski definition) is 3. The van der Waals surface area contributed by atoms with E-state index in [0.29, 0.717) is 19.5 Å². The van der Waals surface area contributed by atoms with Gasteiger partial charge in [-0.1, -0.05) is 0 Å².